The molecule has 0 amide bonds. The third-order valence-corrected chi connectivity index (χ3v) is 2.75. The lowest BCUT2D eigenvalue weighted by molar-refractivity contribution is 0.191. The average Bonchev–Trinajstić information content (AvgIpc) is 2.36. The lowest BCUT2D eigenvalue weighted by Gasteiger charge is -2.13. The summed E-state index contributed by atoms with van der Waals surface area (Å²) >= 11 is 11.7. The second-order valence-electron chi connectivity index (χ2n) is 3.69. The fraction of sp³-hybridized carbons (Fsp3) is 0.167. The van der Waals surface area contributed by atoms with Crippen molar-refractivity contribution < 1.29 is 5.11 Å². The van der Waals surface area contributed by atoms with E-state index in [4.69, 9.17) is 23.2 Å². The van der Waals surface area contributed by atoms with Gasteiger partial charge < -0.3 is 10.4 Å². The Morgan fingerprint density at radius 2 is 1.89 bits per heavy atom. The highest BCUT2D eigenvalue weighted by Crippen LogP contribution is 2.23. The molecule has 1 atom stereocenters. The van der Waals surface area contributed by atoms with Crippen LogP contribution < -0.4 is 5.32 Å². The standard InChI is InChI=1S/C12H11Cl2N3O/c13-9-3-8(4-10(14)5-9)11(18)6-17-12-7-15-1-2-16-12/h1-5,7,11,18H,6H2,(H,16,17). The average molecular weight is 284 g/mol. The Balaban J connectivity index is 2.01. The van der Waals surface area contributed by atoms with E-state index in [1.54, 1.807) is 36.8 Å². The number of benzene rings is 1. The number of halogens is 2. The zero-order valence-corrected chi connectivity index (χ0v) is 10.9. The summed E-state index contributed by atoms with van der Waals surface area (Å²) in [5, 5.41) is 14.0. The Bertz CT molecular complexity index is 502. The van der Waals surface area contributed by atoms with Gasteiger partial charge in [-0.25, -0.2) is 4.98 Å². The molecular formula is C12H11Cl2N3O. The molecule has 6 heteroatoms. The van der Waals surface area contributed by atoms with Crippen LogP contribution >= 0.6 is 23.2 Å². The van der Waals surface area contributed by atoms with E-state index in [-0.39, 0.29) is 0 Å². The zero-order chi connectivity index (χ0) is 13.0. The van der Waals surface area contributed by atoms with E-state index < -0.39 is 6.10 Å². The maximum absolute atomic E-state index is 10.0. The topological polar surface area (TPSA) is 58.0 Å². The number of aliphatic hydroxyl groups excluding tert-OH is 1. The maximum Gasteiger partial charge on any atom is 0.144 e. The van der Waals surface area contributed by atoms with E-state index in [0.29, 0.717) is 28.0 Å². The van der Waals surface area contributed by atoms with Gasteiger partial charge in [-0.1, -0.05) is 23.2 Å². The summed E-state index contributed by atoms with van der Waals surface area (Å²) in [5.74, 6) is 0.602. The van der Waals surface area contributed by atoms with Gasteiger partial charge in [-0.3, -0.25) is 4.98 Å². The van der Waals surface area contributed by atoms with Crippen molar-refractivity contribution in [3.8, 4) is 0 Å². The highest BCUT2D eigenvalue weighted by Gasteiger charge is 2.09. The summed E-state index contributed by atoms with van der Waals surface area (Å²) in [5.41, 5.74) is 0.656. The maximum atomic E-state index is 10.0. The molecule has 94 valence electrons. The van der Waals surface area contributed by atoms with E-state index in [1.165, 1.54) is 0 Å². The highest BCUT2D eigenvalue weighted by atomic mass is 35.5. The summed E-state index contributed by atoms with van der Waals surface area (Å²) in [6, 6.07) is 4.97. The van der Waals surface area contributed by atoms with Crippen molar-refractivity contribution in [1.29, 1.82) is 0 Å². The molecule has 18 heavy (non-hydrogen) atoms. The van der Waals surface area contributed by atoms with Gasteiger partial charge in [0.1, 0.15) is 5.82 Å². The van der Waals surface area contributed by atoms with Crippen LogP contribution in [0.25, 0.3) is 0 Å². The summed E-state index contributed by atoms with van der Waals surface area (Å²) in [7, 11) is 0. The molecule has 0 radical (unpaired) electrons. The van der Waals surface area contributed by atoms with Crippen LogP contribution in [0.5, 0.6) is 0 Å². The largest absolute Gasteiger partial charge is 0.387 e. The molecule has 1 aromatic heterocycles. The molecule has 0 bridgehead atoms. The van der Waals surface area contributed by atoms with Crippen LogP contribution in [0.1, 0.15) is 11.7 Å². The third kappa shape index (κ3) is 3.57. The summed E-state index contributed by atoms with van der Waals surface area (Å²) in [6.07, 6.45) is 4.02. The minimum atomic E-state index is -0.719. The Hall–Kier alpha value is -1.36. The zero-order valence-electron chi connectivity index (χ0n) is 9.35. The first-order valence-corrected chi connectivity index (χ1v) is 6.04. The van der Waals surface area contributed by atoms with Crippen molar-refractivity contribution in [2.45, 2.75) is 6.10 Å². The minimum Gasteiger partial charge on any atom is -0.387 e. The van der Waals surface area contributed by atoms with Crippen molar-refractivity contribution in [2.24, 2.45) is 0 Å². The van der Waals surface area contributed by atoms with Crippen LogP contribution in [0.2, 0.25) is 10.0 Å². The summed E-state index contributed by atoms with van der Waals surface area (Å²) < 4.78 is 0. The van der Waals surface area contributed by atoms with Crippen molar-refractivity contribution in [3.05, 3.63) is 52.4 Å². The quantitative estimate of drug-likeness (QED) is 0.906. The van der Waals surface area contributed by atoms with Crippen molar-refractivity contribution in [1.82, 2.24) is 9.97 Å². The molecule has 1 unspecified atom stereocenters. The van der Waals surface area contributed by atoms with E-state index in [2.05, 4.69) is 15.3 Å². The van der Waals surface area contributed by atoms with Crippen molar-refractivity contribution >= 4 is 29.0 Å². The fourth-order valence-corrected chi connectivity index (χ4v) is 2.02. The van der Waals surface area contributed by atoms with Gasteiger partial charge in [0.25, 0.3) is 0 Å². The monoisotopic (exact) mass is 283 g/mol. The van der Waals surface area contributed by atoms with Crippen molar-refractivity contribution in [2.75, 3.05) is 11.9 Å². The minimum absolute atomic E-state index is 0.301. The molecule has 0 spiro atoms. The molecule has 1 aromatic carbocycles. The molecule has 0 saturated heterocycles. The van der Waals surface area contributed by atoms with E-state index >= 15 is 0 Å². The Morgan fingerprint density at radius 1 is 1.17 bits per heavy atom. The van der Waals surface area contributed by atoms with Gasteiger partial charge in [0, 0.05) is 29.0 Å². The van der Waals surface area contributed by atoms with Crippen LogP contribution in [-0.2, 0) is 0 Å². The van der Waals surface area contributed by atoms with Gasteiger partial charge in [-0.2, -0.15) is 0 Å². The van der Waals surface area contributed by atoms with Gasteiger partial charge in [0.15, 0.2) is 0 Å². The second kappa shape index (κ2) is 6.00. The molecule has 2 rings (SSSR count). The van der Waals surface area contributed by atoms with Gasteiger partial charge in [0.05, 0.1) is 12.3 Å². The van der Waals surface area contributed by atoms with Crippen LogP contribution in [0.4, 0.5) is 5.82 Å². The molecule has 4 nitrogen and oxygen atoms in total. The van der Waals surface area contributed by atoms with E-state index in [0.717, 1.165) is 0 Å². The number of hydrogen-bond donors (Lipinski definition) is 2. The van der Waals surface area contributed by atoms with E-state index in [9.17, 15) is 5.11 Å². The van der Waals surface area contributed by atoms with Gasteiger partial charge in [-0.15, -0.1) is 0 Å². The predicted octanol–water partition coefficient (Wildman–Crippen LogP) is 2.93. The third-order valence-electron chi connectivity index (χ3n) is 2.31. The Labute approximate surface area is 115 Å². The molecule has 0 aliphatic carbocycles. The smallest absolute Gasteiger partial charge is 0.144 e. The van der Waals surface area contributed by atoms with Gasteiger partial charge in [-0.05, 0) is 23.8 Å². The first kappa shape index (κ1) is 13.1. The first-order chi connectivity index (χ1) is 8.65. The number of aromatic nitrogens is 2. The molecule has 2 aromatic rings. The number of anilines is 1. The number of rotatable bonds is 4. The fourth-order valence-electron chi connectivity index (χ4n) is 1.48. The molecule has 0 aliphatic rings. The van der Waals surface area contributed by atoms with Crippen LogP contribution in [0.3, 0.4) is 0 Å². The number of nitrogens with zero attached hydrogens (tertiary/aromatic N) is 2. The molecule has 2 N–H and O–H groups in total. The molecule has 0 fully saturated rings. The Kier molecular flexibility index (Phi) is 4.36. The SMILES string of the molecule is OC(CNc1cnccn1)c1cc(Cl)cc(Cl)c1. The van der Waals surface area contributed by atoms with Crippen LogP contribution in [-0.4, -0.2) is 21.6 Å². The highest BCUT2D eigenvalue weighted by molar-refractivity contribution is 6.34. The predicted molar refractivity (Wildman–Crippen MR) is 71.9 cm³/mol. The van der Waals surface area contributed by atoms with Gasteiger partial charge >= 0.3 is 0 Å². The second-order valence-corrected chi connectivity index (χ2v) is 4.56. The normalized spacial score (nSPS) is 12.2. The Morgan fingerprint density at radius 3 is 2.50 bits per heavy atom. The summed E-state index contributed by atoms with van der Waals surface area (Å²) in [4.78, 5) is 7.96. The van der Waals surface area contributed by atoms with Crippen LogP contribution in [0, 0.1) is 0 Å². The molecule has 0 aliphatic heterocycles. The lowest BCUT2D eigenvalue weighted by Crippen LogP contribution is -2.13. The molecule has 1 heterocycles. The number of aliphatic hydroxyl groups is 1. The van der Waals surface area contributed by atoms with Crippen molar-refractivity contribution in [3.63, 3.8) is 0 Å². The van der Waals surface area contributed by atoms with Gasteiger partial charge in [0.2, 0.25) is 0 Å². The number of hydrogen-bond acceptors (Lipinski definition) is 4. The van der Waals surface area contributed by atoms with E-state index in [1.807, 2.05) is 0 Å². The number of nitrogens with one attached hydrogen (secondary N) is 1. The van der Waals surface area contributed by atoms with Crippen LogP contribution in [0.15, 0.2) is 36.8 Å². The summed E-state index contributed by atoms with van der Waals surface area (Å²) in [6.45, 7) is 0.301. The molecular weight excluding hydrogens is 273 g/mol. The molecule has 0 saturated carbocycles. The first-order valence-electron chi connectivity index (χ1n) is 5.29. The lowest BCUT2D eigenvalue weighted by atomic mass is 10.1.